The number of anilines is 1. The van der Waals surface area contributed by atoms with E-state index in [1.54, 1.807) is 6.07 Å². The van der Waals surface area contributed by atoms with Crippen LogP contribution in [0, 0.1) is 17.2 Å². The Hall–Kier alpha value is -2.49. The molecule has 4 nitrogen and oxygen atoms in total. The van der Waals surface area contributed by atoms with Crippen LogP contribution in [0.1, 0.15) is 31.2 Å². The van der Waals surface area contributed by atoms with Crippen LogP contribution in [0.5, 0.6) is 0 Å². The Morgan fingerprint density at radius 2 is 1.78 bits per heavy atom. The van der Waals surface area contributed by atoms with Crippen LogP contribution >= 0.6 is 0 Å². The van der Waals surface area contributed by atoms with Gasteiger partial charge in [0.1, 0.15) is 11.8 Å². The zero-order valence-electron chi connectivity index (χ0n) is 12.2. The van der Waals surface area contributed by atoms with E-state index in [0.29, 0.717) is 12.8 Å². The van der Waals surface area contributed by atoms with Crippen molar-refractivity contribution in [2.24, 2.45) is 5.92 Å². The highest BCUT2D eigenvalue weighted by Crippen LogP contribution is 2.32. The largest absolute Gasteiger partial charge is 0.510 e. The van der Waals surface area contributed by atoms with Gasteiger partial charge >= 0.3 is 6.18 Å². The molecule has 0 aliphatic heterocycles. The maximum atomic E-state index is 12.5. The van der Waals surface area contributed by atoms with Gasteiger partial charge in [-0.3, -0.25) is 4.79 Å². The minimum atomic E-state index is -4.46. The average molecular weight is 324 g/mol. The van der Waals surface area contributed by atoms with Crippen molar-refractivity contribution >= 4 is 11.6 Å². The molecular formula is C16H15F3N2O2. The number of aliphatic hydroxyl groups is 1. The molecule has 2 rings (SSSR count). The van der Waals surface area contributed by atoms with Gasteiger partial charge in [0.25, 0.3) is 5.91 Å². The van der Waals surface area contributed by atoms with Gasteiger partial charge in [-0.2, -0.15) is 18.4 Å². The number of nitriles is 1. The van der Waals surface area contributed by atoms with E-state index in [-0.39, 0.29) is 17.4 Å². The number of nitrogens with zero attached hydrogens (tertiary/aromatic N) is 1. The summed E-state index contributed by atoms with van der Waals surface area (Å²) in [6.45, 7) is 0. The average Bonchev–Trinajstić information content (AvgIpc) is 3.01. The monoisotopic (exact) mass is 324 g/mol. The fourth-order valence-electron chi connectivity index (χ4n) is 2.56. The predicted molar refractivity (Wildman–Crippen MR) is 77.3 cm³/mol. The molecule has 1 aliphatic carbocycles. The standard InChI is InChI=1S/C16H15F3N2O2/c17-16(18,19)11-5-7-12(8-6-11)21-15(23)13(9-20)14(22)10-3-1-2-4-10/h5-8,10,22H,1-4H2,(H,21,23)/b14-13-. The first-order chi connectivity index (χ1) is 10.8. The Balaban J connectivity index is 2.14. The Kier molecular flexibility index (Phi) is 4.94. The molecule has 0 saturated heterocycles. The molecule has 0 spiro atoms. The SMILES string of the molecule is N#C/C(C(=O)Nc1ccc(C(F)(F)F)cc1)=C(/O)C1CCCC1. The third-order valence-electron chi connectivity index (χ3n) is 3.81. The van der Waals surface area contributed by atoms with E-state index in [4.69, 9.17) is 5.26 Å². The van der Waals surface area contributed by atoms with Crippen molar-refractivity contribution in [3.8, 4) is 6.07 Å². The van der Waals surface area contributed by atoms with Crippen molar-refractivity contribution in [1.29, 1.82) is 5.26 Å². The van der Waals surface area contributed by atoms with Crippen LogP contribution in [-0.2, 0) is 11.0 Å². The van der Waals surface area contributed by atoms with Gasteiger partial charge < -0.3 is 10.4 Å². The lowest BCUT2D eigenvalue weighted by molar-refractivity contribution is -0.137. The molecule has 1 aromatic carbocycles. The number of allylic oxidation sites excluding steroid dienone is 1. The number of hydrogen-bond donors (Lipinski definition) is 2. The molecule has 0 unspecified atom stereocenters. The van der Waals surface area contributed by atoms with Gasteiger partial charge in [0.05, 0.1) is 5.56 Å². The van der Waals surface area contributed by atoms with Gasteiger partial charge in [0.15, 0.2) is 5.57 Å². The molecule has 23 heavy (non-hydrogen) atoms. The summed E-state index contributed by atoms with van der Waals surface area (Å²) in [5.41, 5.74) is -1.10. The Bertz CT molecular complexity index is 651. The maximum absolute atomic E-state index is 12.5. The second-order valence-corrected chi connectivity index (χ2v) is 5.38. The van der Waals surface area contributed by atoms with Gasteiger partial charge in [-0.05, 0) is 37.1 Å². The topological polar surface area (TPSA) is 73.1 Å². The minimum Gasteiger partial charge on any atom is -0.510 e. The third kappa shape index (κ3) is 4.03. The molecule has 0 radical (unpaired) electrons. The number of halogens is 3. The maximum Gasteiger partial charge on any atom is 0.416 e. The van der Waals surface area contributed by atoms with E-state index >= 15 is 0 Å². The normalized spacial score (nSPS) is 16.6. The number of carbonyl (C=O) groups is 1. The molecule has 7 heteroatoms. The van der Waals surface area contributed by atoms with E-state index in [1.807, 2.05) is 0 Å². The quantitative estimate of drug-likeness (QED) is 0.498. The highest BCUT2D eigenvalue weighted by molar-refractivity contribution is 6.06. The van der Waals surface area contributed by atoms with Gasteiger partial charge in [-0.15, -0.1) is 0 Å². The second kappa shape index (κ2) is 6.73. The van der Waals surface area contributed by atoms with Crippen molar-refractivity contribution in [2.45, 2.75) is 31.9 Å². The van der Waals surface area contributed by atoms with E-state index < -0.39 is 23.2 Å². The number of alkyl halides is 3. The summed E-state index contributed by atoms with van der Waals surface area (Å²) in [5, 5.41) is 21.5. The number of carbonyl (C=O) groups excluding carboxylic acids is 1. The molecule has 1 aromatic rings. The third-order valence-corrected chi connectivity index (χ3v) is 3.81. The number of amides is 1. The van der Waals surface area contributed by atoms with Crippen LogP contribution in [0.15, 0.2) is 35.6 Å². The lowest BCUT2D eigenvalue weighted by Crippen LogP contribution is -2.17. The first-order valence-electron chi connectivity index (χ1n) is 7.14. The van der Waals surface area contributed by atoms with Crippen LogP contribution in [0.4, 0.5) is 18.9 Å². The predicted octanol–water partition coefficient (Wildman–Crippen LogP) is 4.17. The molecule has 0 heterocycles. The van der Waals surface area contributed by atoms with Crippen LogP contribution in [0.25, 0.3) is 0 Å². The number of nitrogens with one attached hydrogen (secondary N) is 1. The van der Waals surface area contributed by atoms with Crippen molar-refractivity contribution in [3.05, 3.63) is 41.2 Å². The molecule has 0 bridgehead atoms. The lowest BCUT2D eigenvalue weighted by Gasteiger charge is -2.11. The fourth-order valence-corrected chi connectivity index (χ4v) is 2.56. The van der Waals surface area contributed by atoms with Gasteiger partial charge in [-0.25, -0.2) is 0 Å². The summed E-state index contributed by atoms with van der Waals surface area (Å²) in [4.78, 5) is 12.0. The van der Waals surface area contributed by atoms with Crippen LogP contribution < -0.4 is 5.32 Å². The summed E-state index contributed by atoms with van der Waals surface area (Å²) in [6, 6.07) is 5.54. The highest BCUT2D eigenvalue weighted by Gasteiger charge is 2.30. The van der Waals surface area contributed by atoms with E-state index in [1.165, 1.54) is 0 Å². The molecule has 1 fully saturated rings. The second-order valence-electron chi connectivity index (χ2n) is 5.38. The molecule has 122 valence electrons. The Labute approximate surface area is 131 Å². The molecule has 2 N–H and O–H groups in total. The van der Waals surface area contributed by atoms with E-state index in [9.17, 15) is 23.1 Å². The number of hydrogen-bond acceptors (Lipinski definition) is 3. The lowest BCUT2D eigenvalue weighted by atomic mass is 10.0. The van der Waals surface area contributed by atoms with Gasteiger partial charge in [-0.1, -0.05) is 12.8 Å². The minimum absolute atomic E-state index is 0.120. The molecule has 0 atom stereocenters. The summed E-state index contributed by atoms with van der Waals surface area (Å²) >= 11 is 0. The Morgan fingerprint density at radius 1 is 1.22 bits per heavy atom. The van der Waals surface area contributed by atoms with Crippen LogP contribution in [-0.4, -0.2) is 11.0 Å². The number of aliphatic hydroxyl groups excluding tert-OH is 1. The zero-order chi connectivity index (χ0) is 17.0. The van der Waals surface area contributed by atoms with Crippen molar-refractivity contribution in [2.75, 3.05) is 5.32 Å². The van der Waals surface area contributed by atoms with Gasteiger partial charge in [0, 0.05) is 11.6 Å². The van der Waals surface area contributed by atoms with Crippen molar-refractivity contribution in [3.63, 3.8) is 0 Å². The fraction of sp³-hybridized carbons (Fsp3) is 0.375. The number of rotatable bonds is 3. The van der Waals surface area contributed by atoms with Crippen LogP contribution in [0.3, 0.4) is 0 Å². The van der Waals surface area contributed by atoms with Crippen LogP contribution in [0.2, 0.25) is 0 Å². The van der Waals surface area contributed by atoms with E-state index in [2.05, 4.69) is 5.32 Å². The molecule has 0 aromatic heterocycles. The van der Waals surface area contributed by atoms with Crippen molar-refractivity contribution < 1.29 is 23.1 Å². The smallest absolute Gasteiger partial charge is 0.416 e. The van der Waals surface area contributed by atoms with E-state index in [0.717, 1.165) is 37.1 Å². The first kappa shape index (κ1) is 16.9. The summed E-state index contributed by atoms with van der Waals surface area (Å²) in [6.07, 6.45) is -1.18. The summed E-state index contributed by atoms with van der Waals surface area (Å²) in [5.74, 6) is -1.27. The summed E-state index contributed by atoms with van der Waals surface area (Å²) in [7, 11) is 0. The summed E-state index contributed by atoms with van der Waals surface area (Å²) < 4.78 is 37.4. The molecule has 1 amide bonds. The zero-order valence-corrected chi connectivity index (χ0v) is 12.2. The Morgan fingerprint density at radius 3 is 2.26 bits per heavy atom. The van der Waals surface area contributed by atoms with Gasteiger partial charge in [0.2, 0.25) is 0 Å². The highest BCUT2D eigenvalue weighted by atomic mass is 19.4. The molecule has 1 saturated carbocycles. The number of benzene rings is 1. The first-order valence-corrected chi connectivity index (χ1v) is 7.14. The molecular weight excluding hydrogens is 309 g/mol. The van der Waals surface area contributed by atoms with Crippen molar-refractivity contribution in [1.82, 2.24) is 0 Å². The molecule has 1 aliphatic rings.